The lowest BCUT2D eigenvalue weighted by Gasteiger charge is -2.39. The van der Waals surface area contributed by atoms with Gasteiger partial charge in [0.05, 0.1) is 5.60 Å². The molecule has 0 aromatic heterocycles. The van der Waals surface area contributed by atoms with Gasteiger partial charge in [-0.1, -0.05) is 36.4 Å². The number of likely N-dealkylation sites (tertiary alicyclic amines) is 1. The largest absolute Gasteiger partial charge is 0.385 e. The number of piperidine rings is 2. The number of nitrogens with one attached hydrogen (secondary N) is 1. The number of hydrogen-bond donors (Lipinski definition) is 2. The molecule has 1 atom stereocenters. The predicted molar refractivity (Wildman–Crippen MR) is 122 cm³/mol. The first kappa shape index (κ1) is 21.8. The van der Waals surface area contributed by atoms with Gasteiger partial charge < -0.3 is 10.0 Å². The fourth-order valence-electron chi connectivity index (χ4n) is 5.42. The molecule has 3 heterocycles. The fourth-order valence-corrected chi connectivity index (χ4v) is 5.42. The smallest absolute Gasteiger partial charge is 0.255 e. The molecule has 3 aliphatic rings. The van der Waals surface area contributed by atoms with Crippen LogP contribution >= 0.6 is 0 Å². The number of aryl methyl sites for hydroxylation is 1. The van der Waals surface area contributed by atoms with Crippen molar-refractivity contribution in [1.82, 2.24) is 15.1 Å². The fraction of sp³-hybridized carbons (Fsp3) is 0.423. The molecular weight excluding hydrogens is 418 g/mol. The quantitative estimate of drug-likeness (QED) is 0.702. The van der Waals surface area contributed by atoms with Gasteiger partial charge in [0, 0.05) is 38.2 Å². The molecule has 172 valence electrons. The summed E-state index contributed by atoms with van der Waals surface area (Å²) < 4.78 is 0. The van der Waals surface area contributed by atoms with E-state index in [0.29, 0.717) is 31.4 Å². The second-order valence-corrected chi connectivity index (χ2v) is 9.52. The summed E-state index contributed by atoms with van der Waals surface area (Å²) >= 11 is 0. The second kappa shape index (κ2) is 8.39. The number of benzene rings is 2. The van der Waals surface area contributed by atoms with Gasteiger partial charge in [0.2, 0.25) is 11.8 Å². The van der Waals surface area contributed by atoms with Crippen molar-refractivity contribution >= 4 is 17.7 Å². The Bertz CT molecular complexity index is 1110. The first-order valence-electron chi connectivity index (χ1n) is 11.6. The topological polar surface area (TPSA) is 89.9 Å². The Hall–Kier alpha value is -3.03. The van der Waals surface area contributed by atoms with Gasteiger partial charge >= 0.3 is 0 Å². The van der Waals surface area contributed by atoms with Gasteiger partial charge in [-0.05, 0) is 54.5 Å². The maximum absolute atomic E-state index is 13.1. The molecule has 2 saturated heterocycles. The Morgan fingerprint density at radius 1 is 1.09 bits per heavy atom. The lowest BCUT2D eigenvalue weighted by atomic mass is 9.80. The minimum atomic E-state index is -0.933. The van der Waals surface area contributed by atoms with Gasteiger partial charge in [-0.15, -0.1) is 0 Å². The zero-order valence-electron chi connectivity index (χ0n) is 18.8. The summed E-state index contributed by atoms with van der Waals surface area (Å²) in [6, 6.07) is 13.5. The average molecular weight is 448 g/mol. The molecule has 2 aromatic carbocycles. The third kappa shape index (κ3) is 4.07. The monoisotopic (exact) mass is 447 g/mol. The number of rotatable bonds is 4. The second-order valence-electron chi connectivity index (χ2n) is 9.52. The summed E-state index contributed by atoms with van der Waals surface area (Å²) in [5.41, 5.74) is 3.53. The van der Waals surface area contributed by atoms with E-state index in [4.69, 9.17) is 0 Å². The van der Waals surface area contributed by atoms with Gasteiger partial charge in [0.15, 0.2) is 0 Å². The number of aliphatic hydroxyl groups is 1. The van der Waals surface area contributed by atoms with Crippen LogP contribution in [0.5, 0.6) is 0 Å². The number of imide groups is 1. The van der Waals surface area contributed by atoms with Crippen molar-refractivity contribution in [3.05, 3.63) is 70.3 Å². The number of hydrogen-bond acceptors (Lipinski definition) is 5. The van der Waals surface area contributed by atoms with Crippen molar-refractivity contribution < 1.29 is 19.5 Å². The van der Waals surface area contributed by atoms with Crippen LogP contribution in [-0.2, 0) is 28.3 Å². The zero-order chi connectivity index (χ0) is 23.2. The van der Waals surface area contributed by atoms with Crippen LogP contribution < -0.4 is 5.32 Å². The number of carbonyl (C=O) groups is 3. The summed E-state index contributed by atoms with van der Waals surface area (Å²) in [6.07, 6.45) is 1.84. The number of fused-ring (bicyclic) bond motifs is 1. The zero-order valence-corrected chi connectivity index (χ0v) is 18.8. The van der Waals surface area contributed by atoms with Gasteiger partial charge in [-0.25, -0.2) is 0 Å². The molecule has 5 rings (SSSR count). The van der Waals surface area contributed by atoms with E-state index in [1.54, 1.807) is 4.90 Å². The van der Waals surface area contributed by atoms with Crippen molar-refractivity contribution in [2.45, 2.75) is 57.3 Å². The molecule has 3 aliphatic heterocycles. The number of nitrogens with zero attached hydrogens (tertiary/aromatic N) is 2. The van der Waals surface area contributed by atoms with Crippen molar-refractivity contribution in [1.29, 1.82) is 0 Å². The molecule has 0 aliphatic carbocycles. The molecule has 3 amide bonds. The van der Waals surface area contributed by atoms with E-state index in [9.17, 15) is 19.5 Å². The molecule has 7 nitrogen and oxygen atoms in total. The Morgan fingerprint density at radius 3 is 2.52 bits per heavy atom. The molecule has 0 spiro atoms. The predicted octanol–water partition coefficient (Wildman–Crippen LogP) is 2.24. The molecule has 2 N–H and O–H groups in total. The van der Waals surface area contributed by atoms with Gasteiger partial charge in [0.25, 0.3) is 5.91 Å². The van der Waals surface area contributed by atoms with E-state index < -0.39 is 17.6 Å². The summed E-state index contributed by atoms with van der Waals surface area (Å²) in [4.78, 5) is 40.8. The standard InChI is InChI=1S/C26H29N3O4/c1-17-13-20-19(16-29(25(20)32)22-7-8-23(30)27-24(22)31)14-21(17)26(33)9-11-28(12-10-26)15-18-5-3-2-4-6-18/h2-6,13-14,22,33H,7-12,15-16H2,1H3,(H,27,30,31). The lowest BCUT2D eigenvalue weighted by Crippen LogP contribution is -2.52. The summed E-state index contributed by atoms with van der Waals surface area (Å²) in [6.45, 7) is 4.72. The van der Waals surface area contributed by atoms with E-state index in [1.807, 2.05) is 37.3 Å². The van der Waals surface area contributed by atoms with E-state index >= 15 is 0 Å². The molecule has 0 saturated carbocycles. The third-order valence-electron chi connectivity index (χ3n) is 7.30. The molecular formula is C26H29N3O4. The molecule has 0 radical (unpaired) electrons. The first-order valence-corrected chi connectivity index (χ1v) is 11.6. The van der Waals surface area contributed by atoms with Crippen LogP contribution in [0.15, 0.2) is 42.5 Å². The van der Waals surface area contributed by atoms with E-state index in [-0.39, 0.29) is 18.2 Å². The molecule has 0 bridgehead atoms. The minimum Gasteiger partial charge on any atom is -0.385 e. The van der Waals surface area contributed by atoms with E-state index in [2.05, 4.69) is 22.3 Å². The van der Waals surface area contributed by atoms with Crippen molar-refractivity contribution in [2.24, 2.45) is 0 Å². The highest BCUT2D eigenvalue weighted by Gasteiger charge is 2.41. The van der Waals surface area contributed by atoms with Crippen LogP contribution in [0.2, 0.25) is 0 Å². The van der Waals surface area contributed by atoms with E-state index in [1.165, 1.54) is 5.56 Å². The number of carbonyl (C=O) groups excluding carboxylic acids is 3. The molecule has 7 heteroatoms. The summed E-state index contributed by atoms with van der Waals surface area (Å²) in [7, 11) is 0. The van der Waals surface area contributed by atoms with Crippen LogP contribution in [0.25, 0.3) is 0 Å². The molecule has 2 fully saturated rings. The SMILES string of the molecule is Cc1cc2c(cc1C1(O)CCN(Cc3ccccc3)CC1)CN(C1CCC(=O)NC1=O)C2=O. The lowest BCUT2D eigenvalue weighted by molar-refractivity contribution is -0.136. The third-order valence-corrected chi connectivity index (χ3v) is 7.30. The normalized spacial score (nSPS) is 22.9. The first-order chi connectivity index (χ1) is 15.8. The Kier molecular flexibility index (Phi) is 5.54. The van der Waals surface area contributed by atoms with Crippen molar-refractivity contribution in [3.63, 3.8) is 0 Å². The number of amides is 3. The van der Waals surface area contributed by atoms with Gasteiger partial charge in [0.1, 0.15) is 6.04 Å². The van der Waals surface area contributed by atoms with Crippen LogP contribution in [0.4, 0.5) is 0 Å². The Morgan fingerprint density at radius 2 is 1.82 bits per heavy atom. The highest BCUT2D eigenvalue weighted by Crippen LogP contribution is 2.38. The van der Waals surface area contributed by atoms with E-state index in [0.717, 1.165) is 36.3 Å². The van der Waals surface area contributed by atoms with Gasteiger partial charge in [-0.3, -0.25) is 24.6 Å². The van der Waals surface area contributed by atoms with Crippen LogP contribution in [0.3, 0.4) is 0 Å². The molecule has 1 unspecified atom stereocenters. The Labute approximate surface area is 193 Å². The highest BCUT2D eigenvalue weighted by atomic mass is 16.3. The van der Waals surface area contributed by atoms with Crippen LogP contribution in [0.1, 0.15) is 58.3 Å². The molecule has 2 aromatic rings. The van der Waals surface area contributed by atoms with Crippen LogP contribution in [-0.4, -0.2) is 51.8 Å². The molecule has 33 heavy (non-hydrogen) atoms. The maximum atomic E-state index is 13.1. The van der Waals surface area contributed by atoms with Crippen LogP contribution in [0, 0.1) is 6.92 Å². The van der Waals surface area contributed by atoms with Crippen molar-refractivity contribution in [2.75, 3.05) is 13.1 Å². The summed E-state index contributed by atoms with van der Waals surface area (Å²) in [5, 5.41) is 13.9. The average Bonchev–Trinajstić information content (AvgIpc) is 3.11. The van der Waals surface area contributed by atoms with Crippen molar-refractivity contribution in [3.8, 4) is 0 Å². The maximum Gasteiger partial charge on any atom is 0.255 e. The minimum absolute atomic E-state index is 0.182. The van der Waals surface area contributed by atoms with Gasteiger partial charge in [-0.2, -0.15) is 0 Å². The summed E-state index contributed by atoms with van der Waals surface area (Å²) in [5.74, 6) is -0.882. The Balaban J connectivity index is 1.32. The highest BCUT2D eigenvalue weighted by molar-refractivity contribution is 6.05.